The normalized spacial score (nSPS) is 20.3. The Kier molecular flexibility index (Phi) is 6.18. The van der Waals surface area contributed by atoms with Gasteiger partial charge in [0, 0.05) is 32.7 Å². The molecule has 0 aromatic heterocycles. The van der Waals surface area contributed by atoms with Gasteiger partial charge in [0.1, 0.15) is 0 Å². The molecule has 1 rings (SSSR count). The summed E-state index contributed by atoms with van der Waals surface area (Å²) in [5, 5.41) is 3.11. The number of nitrogens with two attached hydrogens (primary N) is 1. The average Bonchev–Trinajstić information content (AvgIpc) is 2.33. The standard InChI is InChI=1S/C11H24N4O3S/c1-3-4-13-10(11(12)16)9-14-5-7-15(8-6-14)19(2,17)18/h10,13H,3-9H2,1-2H3,(H2,12,16). The lowest BCUT2D eigenvalue weighted by Gasteiger charge is -2.34. The Labute approximate surface area is 115 Å². The summed E-state index contributed by atoms with van der Waals surface area (Å²) in [6, 6.07) is -0.371. The predicted molar refractivity (Wildman–Crippen MR) is 74.1 cm³/mol. The van der Waals surface area contributed by atoms with Crippen LogP contribution in [-0.4, -0.2) is 75.1 Å². The van der Waals surface area contributed by atoms with Gasteiger partial charge in [-0.05, 0) is 13.0 Å². The molecule has 1 unspecified atom stereocenters. The lowest BCUT2D eigenvalue weighted by molar-refractivity contribution is -0.120. The first-order chi connectivity index (χ1) is 8.84. The van der Waals surface area contributed by atoms with E-state index in [0.29, 0.717) is 32.7 Å². The molecule has 112 valence electrons. The van der Waals surface area contributed by atoms with Crippen LogP contribution in [0, 0.1) is 0 Å². The zero-order valence-electron chi connectivity index (χ0n) is 11.6. The van der Waals surface area contributed by atoms with E-state index in [4.69, 9.17) is 5.73 Å². The van der Waals surface area contributed by atoms with E-state index < -0.39 is 10.0 Å². The second-order valence-electron chi connectivity index (χ2n) is 4.87. The smallest absolute Gasteiger partial charge is 0.235 e. The Balaban J connectivity index is 2.44. The molecular formula is C11H24N4O3S. The lowest BCUT2D eigenvalue weighted by Crippen LogP contribution is -2.54. The second kappa shape index (κ2) is 7.18. The van der Waals surface area contributed by atoms with Crippen molar-refractivity contribution in [3.05, 3.63) is 0 Å². The number of primary amides is 1. The highest BCUT2D eigenvalue weighted by molar-refractivity contribution is 7.88. The first-order valence-corrected chi connectivity index (χ1v) is 8.39. The van der Waals surface area contributed by atoms with E-state index in [0.717, 1.165) is 13.0 Å². The van der Waals surface area contributed by atoms with E-state index in [2.05, 4.69) is 10.2 Å². The largest absolute Gasteiger partial charge is 0.368 e. The SMILES string of the molecule is CCCNC(CN1CCN(S(C)(=O)=O)CC1)C(N)=O. The molecular weight excluding hydrogens is 268 g/mol. The van der Waals surface area contributed by atoms with E-state index in [9.17, 15) is 13.2 Å². The molecule has 0 saturated carbocycles. The number of nitrogens with one attached hydrogen (secondary N) is 1. The molecule has 0 radical (unpaired) electrons. The predicted octanol–water partition coefficient (Wildman–Crippen LogP) is -1.58. The fourth-order valence-electron chi connectivity index (χ4n) is 2.08. The van der Waals surface area contributed by atoms with Crippen molar-refractivity contribution in [1.82, 2.24) is 14.5 Å². The van der Waals surface area contributed by atoms with Crippen molar-refractivity contribution in [3.8, 4) is 0 Å². The number of carbonyl (C=O) groups is 1. The summed E-state index contributed by atoms with van der Waals surface area (Å²) in [6.45, 7) is 5.51. The fraction of sp³-hybridized carbons (Fsp3) is 0.909. The van der Waals surface area contributed by atoms with Crippen LogP contribution in [0.2, 0.25) is 0 Å². The van der Waals surface area contributed by atoms with Gasteiger partial charge in [0.15, 0.2) is 0 Å². The summed E-state index contributed by atoms with van der Waals surface area (Å²) in [6.07, 6.45) is 2.16. The van der Waals surface area contributed by atoms with Crippen LogP contribution >= 0.6 is 0 Å². The quantitative estimate of drug-likeness (QED) is 0.590. The first kappa shape index (κ1) is 16.4. The summed E-state index contributed by atoms with van der Waals surface area (Å²) in [4.78, 5) is 13.4. The van der Waals surface area contributed by atoms with Gasteiger partial charge in [0.05, 0.1) is 12.3 Å². The van der Waals surface area contributed by atoms with Crippen LogP contribution in [0.3, 0.4) is 0 Å². The van der Waals surface area contributed by atoms with Crippen molar-refractivity contribution < 1.29 is 13.2 Å². The molecule has 0 bridgehead atoms. The number of hydrogen-bond donors (Lipinski definition) is 2. The number of rotatable bonds is 7. The summed E-state index contributed by atoms with van der Waals surface area (Å²) >= 11 is 0. The molecule has 0 spiro atoms. The van der Waals surface area contributed by atoms with E-state index in [1.54, 1.807) is 0 Å². The molecule has 0 aromatic carbocycles. The van der Waals surface area contributed by atoms with E-state index in [1.807, 2.05) is 6.92 Å². The van der Waals surface area contributed by atoms with Crippen LogP contribution in [0.4, 0.5) is 0 Å². The number of carbonyl (C=O) groups excluding carboxylic acids is 1. The van der Waals surface area contributed by atoms with E-state index in [-0.39, 0.29) is 11.9 Å². The van der Waals surface area contributed by atoms with Crippen LogP contribution < -0.4 is 11.1 Å². The van der Waals surface area contributed by atoms with Crippen molar-refractivity contribution in [2.24, 2.45) is 5.73 Å². The monoisotopic (exact) mass is 292 g/mol. The summed E-state index contributed by atoms with van der Waals surface area (Å²) in [5.41, 5.74) is 5.36. The van der Waals surface area contributed by atoms with Gasteiger partial charge in [-0.1, -0.05) is 6.92 Å². The molecule has 19 heavy (non-hydrogen) atoms. The highest BCUT2D eigenvalue weighted by Crippen LogP contribution is 2.06. The molecule has 1 aliphatic heterocycles. The second-order valence-corrected chi connectivity index (χ2v) is 6.85. The highest BCUT2D eigenvalue weighted by atomic mass is 32.2. The maximum atomic E-state index is 11.4. The Morgan fingerprint density at radius 3 is 2.32 bits per heavy atom. The maximum absolute atomic E-state index is 11.4. The van der Waals surface area contributed by atoms with Crippen LogP contribution in [0.15, 0.2) is 0 Å². The lowest BCUT2D eigenvalue weighted by atomic mass is 10.2. The third-order valence-electron chi connectivity index (χ3n) is 3.23. The molecule has 7 nitrogen and oxygen atoms in total. The Morgan fingerprint density at radius 2 is 1.89 bits per heavy atom. The minimum absolute atomic E-state index is 0.362. The summed E-state index contributed by atoms with van der Waals surface area (Å²) < 4.78 is 24.2. The first-order valence-electron chi connectivity index (χ1n) is 6.54. The molecule has 0 aliphatic carbocycles. The topological polar surface area (TPSA) is 95.7 Å². The van der Waals surface area contributed by atoms with Crippen molar-refractivity contribution in [2.75, 3.05) is 45.5 Å². The highest BCUT2D eigenvalue weighted by Gasteiger charge is 2.26. The van der Waals surface area contributed by atoms with Gasteiger partial charge in [0.25, 0.3) is 0 Å². The number of sulfonamides is 1. The van der Waals surface area contributed by atoms with Gasteiger partial charge < -0.3 is 11.1 Å². The molecule has 1 fully saturated rings. The zero-order valence-corrected chi connectivity index (χ0v) is 12.4. The van der Waals surface area contributed by atoms with Gasteiger partial charge >= 0.3 is 0 Å². The Morgan fingerprint density at radius 1 is 1.32 bits per heavy atom. The molecule has 1 atom stereocenters. The van der Waals surface area contributed by atoms with Gasteiger partial charge in [-0.25, -0.2) is 8.42 Å². The summed E-state index contributed by atoms with van der Waals surface area (Å²) in [7, 11) is -3.11. The van der Waals surface area contributed by atoms with Gasteiger partial charge in [-0.2, -0.15) is 4.31 Å². The number of nitrogens with zero attached hydrogens (tertiary/aromatic N) is 2. The third kappa shape index (κ3) is 5.43. The van der Waals surface area contributed by atoms with E-state index >= 15 is 0 Å². The molecule has 1 saturated heterocycles. The summed E-state index contributed by atoms with van der Waals surface area (Å²) in [5.74, 6) is -0.362. The van der Waals surface area contributed by atoms with Crippen LogP contribution in [-0.2, 0) is 14.8 Å². The molecule has 1 amide bonds. The van der Waals surface area contributed by atoms with Crippen molar-refractivity contribution in [1.29, 1.82) is 0 Å². The maximum Gasteiger partial charge on any atom is 0.235 e. The average molecular weight is 292 g/mol. The van der Waals surface area contributed by atoms with Crippen molar-refractivity contribution in [2.45, 2.75) is 19.4 Å². The molecule has 1 aliphatic rings. The zero-order chi connectivity index (χ0) is 14.5. The van der Waals surface area contributed by atoms with E-state index in [1.165, 1.54) is 10.6 Å². The van der Waals surface area contributed by atoms with Crippen LogP contribution in [0.25, 0.3) is 0 Å². The van der Waals surface area contributed by atoms with Crippen molar-refractivity contribution >= 4 is 15.9 Å². The van der Waals surface area contributed by atoms with Gasteiger partial charge in [-0.15, -0.1) is 0 Å². The minimum atomic E-state index is -3.11. The number of hydrogen-bond acceptors (Lipinski definition) is 5. The van der Waals surface area contributed by atoms with Gasteiger partial charge in [0.2, 0.25) is 15.9 Å². The molecule has 3 N–H and O–H groups in total. The number of piperazine rings is 1. The molecule has 8 heteroatoms. The van der Waals surface area contributed by atoms with Gasteiger partial charge in [-0.3, -0.25) is 9.69 Å². The molecule has 1 heterocycles. The van der Waals surface area contributed by atoms with Crippen LogP contribution in [0.1, 0.15) is 13.3 Å². The van der Waals surface area contributed by atoms with Crippen LogP contribution in [0.5, 0.6) is 0 Å². The Bertz CT molecular complexity index is 391. The molecule has 0 aromatic rings. The number of amides is 1. The fourth-order valence-corrected chi connectivity index (χ4v) is 2.90. The minimum Gasteiger partial charge on any atom is -0.368 e. The third-order valence-corrected chi connectivity index (χ3v) is 4.53. The van der Waals surface area contributed by atoms with Crippen molar-refractivity contribution in [3.63, 3.8) is 0 Å². The Hall–Kier alpha value is -0.700.